The lowest BCUT2D eigenvalue weighted by Crippen LogP contribution is -2.37. The maximum absolute atomic E-state index is 13.2. The van der Waals surface area contributed by atoms with Crippen molar-refractivity contribution < 1.29 is 24.2 Å². The lowest BCUT2D eigenvalue weighted by Gasteiger charge is -2.23. The van der Waals surface area contributed by atoms with Crippen LogP contribution in [0.1, 0.15) is 69.5 Å². The van der Waals surface area contributed by atoms with Crippen molar-refractivity contribution in [3.05, 3.63) is 64.6 Å². The van der Waals surface area contributed by atoms with E-state index in [1.54, 1.807) is 43.5 Å². The molecule has 0 unspecified atom stereocenters. The highest BCUT2D eigenvalue weighted by Gasteiger charge is 2.41. The molecule has 0 aliphatic carbocycles. The van der Waals surface area contributed by atoms with Crippen molar-refractivity contribution in [1.82, 2.24) is 4.90 Å². The second-order valence-electron chi connectivity index (χ2n) is 8.74. The van der Waals surface area contributed by atoms with Gasteiger partial charge in [0.15, 0.2) is 17.5 Å². The molecule has 1 N–H and O–H groups in total. The quantitative estimate of drug-likeness (QED) is 0.173. The fourth-order valence-electron chi connectivity index (χ4n) is 4.07. The van der Waals surface area contributed by atoms with Crippen molar-refractivity contribution in [2.75, 3.05) is 7.11 Å². The highest BCUT2D eigenvalue weighted by atomic mass is 32.2. The van der Waals surface area contributed by atoms with Gasteiger partial charge in [0, 0.05) is 0 Å². The van der Waals surface area contributed by atoms with Crippen LogP contribution in [-0.4, -0.2) is 39.4 Å². The Morgan fingerprint density at radius 2 is 1.83 bits per heavy atom. The Labute approximate surface area is 222 Å². The summed E-state index contributed by atoms with van der Waals surface area (Å²) in [7, 11) is 1.58. The molecule has 0 saturated carbocycles. The predicted molar refractivity (Wildman–Crippen MR) is 148 cm³/mol. The van der Waals surface area contributed by atoms with E-state index >= 15 is 0 Å². The number of ether oxygens (including phenoxy) is 2. The maximum atomic E-state index is 13.2. The second-order valence-corrected chi connectivity index (χ2v) is 10.4. The minimum absolute atomic E-state index is 0.0635. The van der Waals surface area contributed by atoms with E-state index in [4.69, 9.17) is 21.7 Å². The normalized spacial score (nSPS) is 16.3. The van der Waals surface area contributed by atoms with Crippen LogP contribution >= 0.6 is 24.0 Å². The summed E-state index contributed by atoms with van der Waals surface area (Å²) in [5.74, 6) is -0.346. The predicted octanol–water partition coefficient (Wildman–Crippen LogP) is 6.85. The number of amides is 1. The van der Waals surface area contributed by atoms with Crippen molar-refractivity contribution in [2.45, 2.75) is 64.5 Å². The topological polar surface area (TPSA) is 76.1 Å². The van der Waals surface area contributed by atoms with Crippen molar-refractivity contribution in [3.8, 4) is 11.5 Å². The van der Waals surface area contributed by atoms with Gasteiger partial charge in [0.25, 0.3) is 5.91 Å². The van der Waals surface area contributed by atoms with E-state index in [2.05, 4.69) is 13.8 Å². The molecule has 36 heavy (non-hydrogen) atoms. The number of carbonyl (C=O) groups is 2. The van der Waals surface area contributed by atoms with Gasteiger partial charge in [0.1, 0.15) is 4.32 Å². The van der Waals surface area contributed by atoms with Crippen molar-refractivity contribution >= 4 is 46.3 Å². The molecular formula is C28H33NO5S2. The first-order valence-corrected chi connectivity index (χ1v) is 13.5. The van der Waals surface area contributed by atoms with Gasteiger partial charge in [-0.1, -0.05) is 93.0 Å². The largest absolute Gasteiger partial charge is 0.493 e. The van der Waals surface area contributed by atoms with Crippen LogP contribution in [0, 0.1) is 0 Å². The summed E-state index contributed by atoms with van der Waals surface area (Å²) in [5.41, 5.74) is 1.23. The summed E-state index contributed by atoms with van der Waals surface area (Å²) in [6.45, 7) is 4.27. The van der Waals surface area contributed by atoms with Crippen LogP contribution in [0.15, 0.2) is 53.4 Å². The first-order valence-electron chi connectivity index (χ1n) is 12.2. The number of hydrogen-bond acceptors (Lipinski definition) is 6. The van der Waals surface area contributed by atoms with Gasteiger partial charge in [-0.15, -0.1) is 0 Å². The zero-order valence-electron chi connectivity index (χ0n) is 20.9. The number of aliphatic carboxylic acids is 1. The number of unbranched alkanes of at least 4 members (excludes halogenated alkanes) is 4. The van der Waals surface area contributed by atoms with Crippen LogP contribution in [-0.2, 0) is 9.59 Å². The third kappa shape index (κ3) is 7.11. The number of methoxy groups -OCH3 is 1. The standard InChI is InChI=1S/C28H33NO5S2/c1-4-5-6-7-9-12-19(2)34-22-16-15-20(17-23(22)33-3)18-24-26(30)29(28(35)36-24)25(27(31)32)21-13-10-8-11-14-21/h8,10-11,13-19,25H,4-7,9,12H2,1-3H3,(H,31,32)/b24-18+/t19-,25+/m0/s1. The van der Waals surface area contributed by atoms with Crippen LogP contribution in [0.5, 0.6) is 11.5 Å². The lowest BCUT2D eigenvalue weighted by molar-refractivity contribution is -0.145. The second kappa shape index (κ2) is 13.5. The van der Waals surface area contributed by atoms with E-state index in [0.29, 0.717) is 22.0 Å². The Bertz CT molecular complexity index is 1100. The van der Waals surface area contributed by atoms with Gasteiger partial charge in [-0.25, -0.2) is 4.79 Å². The van der Waals surface area contributed by atoms with E-state index in [-0.39, 0.29) is 10.4 Å². The third-order valence-corrected chi connectivity index (χ3v) is 7.29. The van der Waals surface area contributed by atoms with Crippen LogP contribution in [0.3, 0.4) is 0 Å². The molecule has 192 valence electrons. The fourth-order valence-corrected chi connectivity index (χ4v) is 5.39. The lowest BCUT2D eigenvalue weighted by atomic mass is 10.1. The summed E-state index contributed by atoms with van der Waals surface area (Å²) in [6.07, 6.45) is 8.84. The third-order valence-electron chi connectivity index (χ3n) is 5.96. The van der Waals surface area contributed by atoms with E-state index in [1.165, 1.54) is 30.6 Å². The SMILES string of the molecule is CCCCCCC[C@H](C)Oc1ccc(/C=C2/SC(=S)N([C@@H](C(=O)O)c3ccccc3)C2=O)cc1OC. The Balaban J connectivity index is 1.73. The summed E-state index contributed by atoms with van der Waals surface area (Å²) in [4.78, 5) is 26.8. The van der Waals surface area contributed by atoms with E-state index in [9.17, 15) is 14.7 Å². The number of hydrogen-bond donors (Lipinski definition) is 1. The van der Waals surface area contributed by atoms with Crippen molar-refractivity contribution in [2.24, 2.45) is 0 Å². The molecule has 2 aromatic rings. The van der Waals surface area contributed by atoms with E-state index in [1.807, 2.05) is 18.2 Å². The van der Waals surface area contributed by atoms with Gasteiger partial charge >= 0.3 is 5.97 Å². The Morgan fingerprint density at radius 3 is 2.50 bits per heavy atom. The van der Waals surface area contributed by atoms with Crippen molar-refractivity contribution in [1.29, 1.82) is 0 Å². The molecule has 0 bridgehead atoms. The van der Waals surface area contributed by atoms with Crippen LogP contribution in [0.4, 0.5) is 0 Å². The summed E-state index contributed by atoms with van der Waals surface area (Å²) in [6, 6.07) is 12.9. The zero-order valence-corrected chi connectivity index (χ0v) is 22.6. The maximum Gasteiger partial charge on any atom is 0.331 e. The molecule has 0 aromatic heterocycles. The molecule has 0 radical (unpaired) electrons. The number of nitrogens with zero attached hydrogens (tertiary/aromatic N) is 1. The summed E-state index contributed by atoms with van der Waals surface area (Å²) < 4.78 is 11.9. The number of carboxylic acids is 1. The summed E-state index contributed by atoms with van der Waals surface area (Å²) >= 11 is 6.49. The average Bonchev–Trinajstić information content (AvgIpc) is 3.13. The van der Waals surface area contributed by atoms with Gasteiger partial charge < -0.3 is 14.6 Å². The van der Waals surface area contributed by atoms with Crippen LogP contribution in [0.2, 0.25) is 0 Å². The molecule has 1 aliphatic rings. The smallest absolute Gasteiger partial charge is 0.331 e. The molecule has 1 amide bonds. The van der Waals surface area contributed by atoms with Crippen LogP contribution < -0.4 is 9.47 Å². The molecule has 1 aliphatic heterocycles. The average molecular weight is 528 g/mol. The molecule has 1 saturated heterocycles. The number of carboxylic acid groups (broad SMARTS) is 1. The first-order chi connectivity index (χ1) is 17.3. The Kier molecular flexibility index (Phi) is 10.4. The molecule has 8 heteroatoms. The molecule has 0 spiro atoms. The first kappa shape index (κ1) is 27.7. The zero-order chi connectivity index (χ0) is 26.1. The molecular weight excluding hydrogens is 494 g/mol. The number of rotatable bonds is 13. The van der Waals surface area contributed by atoms with Gasteiger partial charge in [-0.05, 0) is 49.1 Å². The Morgan fingerprint density at radius 1 is 1.11 bits per heavy atom. The van der Waals surface area contributed by atoms with E-state index < -0.39 is 17.9 Å². The molecule has 6 nitrogen and oxygen atoms in total. The number of carbonyl (C=O) groups excluding carboxylic acids is 1. The number of thiocarbonyl (C=S) groups is 1. The minimum Gasteiger partial charge on any atom is -0.493 e. The fraction of sp³-hybridized carbons (Fsp3) is 0.393. The van der Waals surface area contributed by atoms with Gasteiger partial charge in [0.05, 0.1) is 18.1 Å². The highest BCUT2D eigenvalue weighted by Crippen LogP contribution is 2.39. The molecule has 1 heterocycles. The molecule has 2 aromatic carbocycles. The number of benzene rings is 2. The van der Waals surface area contributed by atoms with Crippen molar-refractivity contribution in [3.63, 3.8) is 0 Å². The number of thioether (sulfide) groups is 1. The highest BCUT2D eigenvalue weighted by molar-refractivity contribution is 8.26. The van der Waals surface area contributed by atoms with Gasteiger partial charge in [-0.3, -0.25) is 9.69 Å². The van der Waals surface area contributed by atoms with Gasteiger partial charge in [0.2, 0.25) is 0 Å². The molecule has 3 rings (SSSR count). The van der Waals surface area contributed by atoms with Crippen LogP contribution in [0.25, 0.3) is 6.08 Å². The molecule has 2 atom stereocenters. The monoisotopic (exact) mass is 527 g/mol. The molecule has 1 fully saturated rings. The summed E-state index contributed by atoms with van der Waals surface area (Å²) in [5, 5.41) is 9.85. The Hall–Kier alpha value is -2.84. The van der Waals surface area contributed by atoms with Gasteiger partial charge in [-0.2, -0.15) is 0 Å². The minimum atomic E-state index is -1.18. The van der Waals surface area contributed by atoms with E-state index in [0.717, 1.165) is 30.2 Å².